The maximum absolute atomic E-state index is 12.6. The number of carbonyl (C=O) groups excluding carboxylic acids is 1. The predicted octanol–water partition coefficient (Wildman–Crippen LogP) is 0.917. The van der Waals surface area contributed by atoms with Gasteiger partial charge in [0.2, 0.25) is 0 Å². The topological polar surface area (TPSA) is 119 Å². The summed E-state index contributed by atoms with van der Waals surface area (Å²) in [5.74, 6) is -1.51. The van der Waals surface area contributed by atoms with Gasteiger partial charge in [-0.2, -0.15) is 0 Å². The highest BCUT2D eigenvalue weighted by molar-refractivity contribution is 5.98. The quantitative estimate of drug-likeness (QED) is 0.646. The number of amides is 1. The van der Waals surface area contributed by atoms with Gasteiger partial charge >= 0.3 is 5.97 Å². The Bertz CT molecular complexity index is 646. The number of hydrogen-bond acceptors (Lipinski definition) is 6. The molecule has 1 aromatic carbocycles. The van der Waals surface area contributed by atoms with Crippen molar-refractivity contribution >= 4 is 17.6 Å². The van der Waals surface area contributed by atoms with Crippen molar-refractivity contribution in [2.45, 2.75) is 19.1 Å². The third kappa shape index (κ3) is 3.57. The molecule has 1 amide bonds. The molecule has 0 aliphatic carbocycles. The Kier molecular flexibility index (Phi) is 4.80. The lowest BCUT2D eigenvalue weighted by Crippen LogP contribution is -2.51. The number of benzene rings is 1. The molecule has 23 heavy (non-hydrogen) atoms. The van der Waals surface area contributed by atoms with E-state index in [0.29, 0.717) is 0 Å². The van der Waals surface area contributed by atoms with E-state index in [9.17, 15) is 19.7 Å². The molecule has 9 nitrogen and oxygen atoms in total. The first-order valence-corrected chi connectivity index (χ1v) is 6.83. The van der Waals surface area contributed by atoms with Crippen molar-refractivity contribution < 1.29 is 29.1 Å². The third-order valence-corrected chi connectivity index (χ3v) is 3.45. The van der Waals surface area contributed by atoms with Crippen molar-refractivity contribution in [1.82, 2.24) is 4.90 Å². The Labute approximate surface area is 131 Å². The first kappa shape index (κ1) is 16.7. The van der Waals surface area contributed by atoms with Gasteiger partial charge in [-0.3, -0.25) is 14.9 Å². The van der Waals surface area contributed by atoms with Gasteiger partial charge in [-0.15, -0.1) is 0 Å². The van der Waals surface area contributed by atoms with Crippen LogP contribution in [0.3, 0.4) is 0 Å². The number of nitro groups is 1. The smallest absolute Gasteiger partial charge is 0.334 e. The van der Waals surface area contributed by atoms with Gasteiger partial charge in [0, 0.05) is 18.7 Å². The highest BCUT2D eigenvalue weighted by Gasteiger charge is 2.34. The summed E-state index contributed by atoms with van der Waals surface area (Å²) in [6.45, 7) is 1.71. The average molecular weight is 324 g/mol. The summed E-state index contributed by atoms with van der Waals surface area (Å²) in [5.41, 5.74) is -0.231. The van der Waals surface area contributed by atoms with Crippen LogP contribution >= 0.6 is 0 Å². The summed E-state index contributed by atoms with van der Waals surface area (Å²) in [6.07, 6.45) is -1.59. The van der Waals surface area contributed by atoms with Crippen LogP contribution in [0.25, 0.3) is 0 Å². The second kappa shape index (κ2) is 6.61. The van der Waals surface area contributed by atoms with Gasteiger partial charge in [0.1, 0.15) is 5.75 Å². The number of ether oxygens (including phenoxy) is 2. The van der Waals surface area contributed by atoms with E-state index in [2.05, 4.69) is 0 Å². The molecule has 1 aromatic rings. The molecule has 0 spiro atoms. The van der Waals surface area contributed by atoms with Gasteiger partial charge in [-0.1, -0.05) is 0 Å². The Balaban J connectivity index is 2.33. The number of hydrogen-bond donors (Lipinski definition) is 1. The van der Waals surface area contributed by atoms with Crippen molar-refractivity contribution in [2.24, 2.45) is 0 Å². The number of nitro benzene ring substituents is 1. The van der Waals surface area contributed by atoms with E-state index in [0.717, 1.165) is 6.07 Å². The summed E-state index contributed by atoms with van der Waals surface area (Å²) in [4.78, 5) is 35.3. The number of aliphatic carboxylic acids is 1. The molecule has 2 rings (SSSR count). The number of carbonyl (C=O) groups is 2. The average Bonchev–Trinajstić information content (AvgIpc) is 2.52. The third-order valence-electron chi connectivity index (χ3n) is 3.45. The number of carboxylic acids is 1. The van der Waals surface area contributed by atoms with Crippen LogP contribution in [-0.4, -0.2) is 59.2 Å². The lowest BCUT2D eigenvalue weighted by atomic mass is 10.1. The van der Waals surface area contributed by atoms with Crippen molar-refractivity contribution in [3.63, 3.8) is 0 Å². The molecule has 1 unspecified atom stereocenters. The summed E-state index contributed by atoms with van der Waals surface area (Å²) in [5, 5.41) is 20.0. The minimum atomic E-state index is -1.17. The molecule has 0 saturated carbocycles. The molecule has 124 valence electrons. The van der Waals surface area contributed by atoms with Crippen LogP contribution in [0.15, 0.2) is 18.2 Å². The molecule has 1 saturated heterocycles. The van der Waals surface area contributed by atoms with Crippen molar-refractivity contribution in [1.29, 1.82) is 0 Å². The normalized spacial score (nSPS) is 20.9. The van der Waals surface area contributed by atoms with Crippen LogP contribution in [-0.2, 0) is 9.53 Å². The molecule has 0 radical (unpaired) electrons. The fourth-order valence-corrected chi connectivity index (χ4v) is 2.40. The SMILES string of the molecule is COc1ccc([N+](=O)[O-])cc1C(=O)N1CC(C(=O)O)O[C@H](C)C1. The molecular formula is C14H16N2O7. The van der Waals surface area contributed by atoms with Crippen molar-refractivity contribution in [3.8, 4) is 5.75 Å². The van der Waals surface area contributed by atoms with Gasteiger partial charge < -0.3 is 19.5 Å². The highest BCUT2D eigenvalue weighted by atomic mass is 16.6. The van der Waals surface area contributed by atoms with Crippen LogP contribution in [0.5, 0.6) is 5.75 Å². The van der Waals surface area contributed by atoms with Crippen LogP contribution in [0, 0.1) is 10.1 Å². The van der Waals surface area contributed by atoms with E-state index in [4.69, 9.17) is 14.6 Å². The maximum Gasteiger partial charge on any atom is 0.334 e. The van der Waals surface area contributed by atoms with Crippen molar-refractivity contribution in [3.05, 3.63) is 33.9 Å². The van der Waals surface area contributed by atoms with Crippen LogP contribution in [0.4, 0.5) is 5.69 Å². The first-order chi connectivity index (χ1) is 10.8. The highest BCUT2D eigenvalue weighted by Crippen LogP contribution is 2.26. The van der Waals surface area contributed by atoms with E-state index in [1.807, 2.05) is 0 Å². The lowest BCUT2D eigenvalue weighted by molar-refractivity contribution is -0.384. The van der Waals surface area contributed by atoms with Crippen molar-refractivity contribution in [2.75, 3.05) is 20.2 Å². The monoisotopic (exact) mass is 324 g/mol. The molecule has 0 aromatic heterocycles. The second-order valence-electron chi connectivity index (χ2n) is 5.13. The number of non-ortho nitro benzene ring substituents is 1. The molecule has 1 heterocycles. The Morgan fingerprint density at radius 2 is 2.13 bits per heavy atom. The number of morpholine rings is 1. The van der Waals surface area contributed by atoms with Gasteiger partial charge in [-0.25, -0.2) is 4.79 Å². The Morgan fingerprint density at radius 1 is 1.43 bits per heavy atom. The first-order valence-electron chi connectivity index (χ1n) is 6.83. The predicted molar refractivity (Wildman–Crippen MR) is 77.5 cm³/mol. The zero-order chi connectivity index (χ0) is 17.1. The van der Waals surface area contributed by atoms with E-state index in [1.165, 1.54) is 24.1 Å². The molecule has 9 heteroatoms. The van der Waals surface area contributed by atoms with E-state index >= 15 is 0 Å². The minimum absolute atomic E-state index is 0.0138. The van der Waals surface area contributed by atoms with Gasteiger partial charge in [-0.05, 0) is 13.0 Å². The summed E-state index contributed by atoms with van der Waals surface area (Å²) >= 11 is 0. The number of rotatable bonds is 4. The van der Waals surface area contributed by atoms with Crippen LogP contribution < -0.4 is 4.74 Å². The summed E-state index contributed by atoms with van der Waals surface area (Å²) in [7, 11) is 1.35. The Hall–Kier alpha value is -2.68. The molecule has 1 N–H and O–H groups in total. The van der Waals surface area contributed by atoms with E-state index in [1.54, 1.807) is 6.92 Å². The zero-order valence-corrected chi connectivity index (χ0v) is 12.6. The second-order valence-corrected chi connectivity index (χ2v) is 5.13. The fourth-order valence-electron chi connectivity index (χ4n) is 2.40. The molecule has 1 aliphatic heterocycles. The number of nitrogens with zero attached hydrogens (tertiary/aromatic N) is 2. The molecule has 1 aliphatic rings. The standard InChI is InChI=1S/C14H16N2O7/c1-8-6-15(7-12(23-8)14(18)19)13(17)10-5-9(16(20)21)3-4-11(10)22-2/h3-5,8,12H,6-7H2,1-2H3,(H,18,19)/t8-,12?/m1/s1. The maximum atomic E-state index is 12.6. The van der Waals surface area contributed by atoms with Crippen LogP contribution in [0.2, 0.25) is 0 Å². The zero-order valence-electron chi connectivity index (χ0n) is 12.6. The summed E-state index contributed by atoms with van der Waals surface area (Å²) in [6, 6.07) is 3.69. The lowest BCUT2D eigenvalue weighted by Gasteiger charge is -2.35. The number of carboxylic acid groups (broad SMARTS) is 1. The molecule has 1 fully saturated rings. The Morgan fingerprint density at radius 3 is 2.70 bits per heavy atom. The molecule has 0 bridgehead atoms. The van der Waals surface area contributed by atoms with E-state index in [-0.39, 0.29) is 30.1 Å². The van der Waals surface area contributed by atoms with Gasteiger partial charge in [0.25, 0.3) is 11.6 Å². The molecular weight excluding hydrogens is 308 g/mol. The van der Waals surface area contributed by atoms with Gasteiger partial charge in [0.05, 0.1) is 30.2 Å². The summed E-state index contributed by atoms with van der Waals surface area (Å²) < 4.78 is 10.3. The van der Waals surface area contributed by atoms with Gasteiger partial charge in [0.15, 0.2) is 6.10 Å². The number of methoxy groups -OCH3 is 1. The van der Waals surface area contributed by atoms with Crippen LogP contribution in [0.1, 0.15) is 17.3 Å². The van der Waals surface area contributed by atoms with E-state index < -0.39 is 29.0 Å². The largest absolute Gasteiger partial charge is 0.496 e. The minimum Gasteiger partial charge on any atom is -0.496 e. The fraction of sp³-hybridized carbons (Fsp3) is 0.429. The molecule has 2 atom stereocenters.